The molecule has 0 aromatic carbocycles. The minimum absolute atomic E-state index is 0.556. The third kappa shape index (κ3) is 27.8. The summed E-state index contributed by atoms with van der Waals surface area (Å²) in [6.45, 7) is 4.31. The van der Waals surface area contributed by atoms with Crippen molar-refractivity contribution in [3.63, 3.8) is 0 Å². The molecule has 4 N–H and O–H groups in total. The number of hydrogen-bond acceptors (Lipinski definition) is 2. The van der Waals surface area contributed by atoms with Crippen molar-refractivity contribution in [3.05, 3.63) is 0 Å². The average molecular weight is 301 g/mol. The quantitative estimate of drug-likeness (QED) is 0.309. The van der Waals surface area contributed by atoms with E-state index in [1.54, 1.807) is 7.05 Å². The van der Waals surface area contributed by atoms with Crippen molar-refractivity contribution in [1.29, 1.82) is 0 Å². The van der Waals surface area contributed by atoms with Crippen LogP contribution in [0, 0.1) is 0 Å². The van der Waals surface area contributed by atoms with E-state index in [9.17, 15) is 0 Å². The Morgan fingerprint density at radius 3 is 1.76 bits per heavy atom. The smallest absolute Gasteiger partial charge is 0.300 e. The predicted molar refractivity (Wildman–Crippen MR) is 90.7 cm³/mol. The second-order valence-electron chi connectivity index (χ2n) is 5.24. The Morgan fingerprint density at radius 1 is 1.00 bits per heavy atom. The number of nitrogens with zero attached hydrogens (tertiary/aromatic N) is 1. The van der Waals surface area contributed by atoms with Crippen LogP contribution in [0.25, 0.3) is 0 Å². The normalized spacial score (nSPS) is 10.7. The van der Waals surface area contributed by atoms with Crippen LogP contribution in [0.15, 0.2) is 4.99 Å². The molecule has 0 rings (SSSR count). The molecule has 0 aliphatic carbocycles. The van der Waals surface area contributed by atoms with Crippen LogP contribution in [-0.4, -0.2) is 30.6 Å². The first kappa shape index (κ1) is 22.0. The standard InChI is InChI=1S/C14H31N3.C2H4O2/c1-3-4-5-6-7-8-9-10-11-12-13-17-14(15)16-2;1-2(3)4/h3-13H2,1-2H3,(H3,15,16,17);1H3,(H,3,4). The van der Waals surface area contributed by atoms with Crippen LogP contribution >= 0.6 is 0 Å². The van der Waals surface area contributed by atoms with Gasteiger partial charge in [-0.1, -0.05) is 64.7 Å². The van der Waals surface area contributed by atoms with Crippen LogP contribution in [-0.2, 0) is 4.79 Å². The molecule has 0 spiro atoms. The number of unbranched alkanes of at least 4 members (excludes halogenated alkanes) is 9. The molecule has 0 atom stereocenters. The number of guanidine groups is 1. The van der Waals surface area contributed by atoms with Gasteiger partial charge in [-0.15, -0.1) is 0 Å². The summed E-state index contributed by atoms with van der Waals surface area (Å²) in [6.07, 6.45) is 13.7. The maximum Gasteiger partial charge on any atom is 0.300 e. The summed E-state index contributed by atoms with van der Waals surface area (Å²) in [4.78, 5) is 12.9. The molecule has 0 fully saturated rings. The maximum absolute atomic E-state index is 9.00. The van der Waals surface area contributed by atoms with E-state index in [4.69, 9.17) is 15.6 Å². The summed E-state index contributed by atoms with van der Waals surface area (Å²) in [5, 5.41) is 10.5. The van der Waals surface area contributed by atoms with Gasteiger partial charge in [0.05, 0.1) is 0 Å². The highest BCUT2D eigenvalue weighted by atomic mass is 16.4. The van der Waals surface area contributed by atoms with Gasteiger partial charge in [0.15, 0.2) is 5.96 Å². The molecule has 0 bridgehead atoms. The Bertz CT molecular complexity index is 252. The van der Waals surface area contributed by atoms with Gasteiger partial charge in [-0.25, -0.2) is 0 Å². The van der Waals surface area contributed by atoms with Crippen molar-refractivity contribution in [2.75, 3.05) is 13.6 Å². The number of carboxylic acids is 1. The Morgan fingerprint density at radius 2 is 1.38 bits per heavy atom. The molecule has 0 amide bonds. The molecule has 5 heteroatoms. The van der Waals surface area contributed by atoms with Crippen molar-refractivity contribution < 1.29 is 9.90 Å². The summed E-state index contributed by atoms with van der Waals surface area (Å²) in [6, 6.07) is 0. The minimum Gasteiger partial charge on any atom is -0.481 e. The Balaban J connectivity index is 0. The van der Waals surface area contributed by atoms with E-state index in [-0.39, 0.29) is 0 Å². The molecule has 0 saturated heterocycles. The lowest BCUT2D eigenvalue weighted by Crippen LogP contribution is -2.31. The molecule has 5 nitrogen and oxygen atoms in total. The molecule has 126 valence electrons. The molecule has 0 unspecified atom stereocenters. The van der Waals surface area contributed by atoms with Crippen molar-refractivity contribution >= 4 is 11.9 Å². The molecular formula is C16H35N3O2. The summed E-state index contributed by atoms with van der Waals surface area (Å²) < 4.78 is 0. The van der Waals surface area contributed by atoms with E-state index in [0.29, 0.717) is 5.96 Å². The van der Waals surface area contributed by atoms with Gasteiger partial charge < -0.3 is 16.2 Å². The van der Waals surface area contributed by atoms with Gasteiger partial charge in [0.25, 0.3) is 5.97 Å². The zero-order chi connectivity index (χ0) is 16.3. The van der Waals surface area contributed by atoms with Gasteiger partial charge in [-0.2, -0.15) is 0 Å². The van der Waals surface area contributed by atoms with Crippen LogP contribution in [0.2, 0.25) is 0 Å². The van der Waals surface area contributed by atoms with Crippen LogP contribution in [0.4, 0.5) is 0 Å². The van der Waals surface area contributed by atoms with Gasteiger partial charge >= 0.3 is 0 Å². The Labute approximate surface area is 130 Å². The van der Waals surface area contributed by atoms with Crippen molar-refractivity contribution in [3.8, 4) is 0 Å². The minimum atomic E-state index is -0.833. The first-order valence-corrected chi connectivity index (χ1v) is 8.20. The fourth-order valence-corrected chi connectivity index (χ4v) is 1.91. The Kier molecular flexibility index (Phi) is 19.7. The summed E-state index contributed by atoms with van der Waals surface area (Å²) in [7, 11) is 1.71. The van der Waals surface area contributed by atoms with Gasteiger partial charge in [0.2, 0.25) is 0 Å². The average Bonchev–Trinajstić information content (AvgIpc) is 2.43. The molecule has 0 saturated carbocycles. The predicted octanol–water partition coefficient (Wildman–Crippen LogP) is 3.53. The van der Waals surface area contributed by atoms with Crippen LogP contribution < -0.4 is 11.1 Å². The van der Waals surface area contributed by atoms with E-state index in [1.807, 2.05) is 0 Å². The van der Waals surface area contributed by atoms with Crippen molar-refractivity contribution in [2.24, 2.45) is 10.7 Å². The maximum atomic E-state index is 9.00. The second kappa shape index (κ2) is 18.7. The van der Waals surface area contributed by atoms with E-state index in [0.717, 1.165) is 13.5 Å². The zero-order valence-corrected chi connectivity index (χ0v) is 14.2. The van der Waals surface area contributed by atoms with Gasteiger partial charge in [-0.3, -0.25) is 9.79 Å². The number of carbonyl (C=O) groups is 1. The molecule has 0 aromatic heterocycles. The third-order valence-electron chi connectivity index (χ3n) is 3.08. The van der Waals surface area contributed by atoms with E-state index < -0.39 is 5.97 Å². The number of nitrogens with two attached hydrogens (primary N) is 1. The Hall–Kier alpha value is -1.26. The molecule has 0 heterocycles. The first-order valence-electron chi connectivity index (χ1n) is 8.20. The van der Waals surface area contributed by atoms with Crippen LogP contribution in [0.1, 0.15) is 78.1 Å². The van der Waals surface area contributed by atoms with E-state index in [2.05, 4.69) is 17.2 Å². The number of nitrogens with one attached hydrogen (secondary N) is 1. The lowest BCUT2D eigenvalue weighted by atomic mass is 10.1. The van der Waals surface area contributed by atoms with Gasteiger partial charge in [0, 0.05) is 20.5 Å². The first-order chi connectivity index (χ1) is 10.0. The third-order valence-corrected chi connectivity index (χ3v) is 3.08. The molecule has 0 aliphatic rings. The number of carboxylic acid groups (broad SMARTS) is 1. The number of aliphatic carboxylic acids is 1. The molecular weight excluding hydrogens is 266 g/mol. The lowest BCUT2D eigenvalue weighted by molar-refractivity contribution is -0.134. The summed E-state index contributed by atoms with van der Waals surface area (Å²) in [5.41, 5.74) is 5.53. The fourth-order valence-electron chi connectivity index (χ4n) is 1.91. The largest absolute Gasteiger partial charge is 0.481 e. The SMILES string of the molecule is CC(=O)O.CCCCCCCCCCCCNC(N)=NC. The highest BCUT2D eigenvalue weighted by Gasteiger charge is 1.93. The topological polar surface area (TPSA) is 87.7 Å². The van der Waals surface area contributed by atoms with E-state index >= 15 is 0 Å². The monoisotopic (exact) mass is 301 g/mol. The molecule has 0 aliphatic heterocycles. The highest BCUT2D eigenvalue weighted by molar-refractivity contribution is 5.77. The van der Waals surface area contributed by atoms with Crippen molar-refractivity contribution in [1.82, 2.24) is 5.32 Å². The number of rotatable bonds is 11. The van der Waals surface area contributed by atoms with Gasteiger partial charge in [-0.05, 0) is 6.42 Å². The summed E-state index contributed by atoms with van der Waals surface area (Å²) in [5.74, 6) is -0.277. The zero-order valence-electron chi connectivity index (χ0n) is 14.2. The molecule has 21 heavy (non-hydrogen) atoms. The lowest BCUT2D eigenvalue weighted by Gasteiger charge is -2.04. The molecule has 0 radical (unpaired) electrons. The number of hydrogen-bond donors (Lipinski definition) is 3. The van der Waals surface area contributed by atoms with Crippen LogP contribution in [0.3, 0.4) is 0 Å². The van der Waals surface area contributed by atoms with Crippen LogP contribution in [0.5, 0.6) is 0 Å². The van der Waals surface area contributed by atoms with Gasteiger partial charge in [0.1, 0.15) is 0 Å². The number of aliphatic imine (C=N–C) groups is 1. The highest BCUT2D eigenvalue weighted by Crippen LogP contribution is 2.10. The second-order valence-corrected chi connectivity index (χ2v) is 5.24. The van der Waals surface area contributed by atoms with Crippen molar-refractivity contribution in [2.45, 2.75) is 78.1 Å². The fraction of sp³-hybridized carbons (Fsp3) is 0.875. The summed E-state index contributed by atoms with van der Waals surface area (Å²) >= 11 is 0. The van der Waals surface area contributed by atoms with E-state index in [1.165, 1.54) is 64.2 Å². The molecule has 0 aromatic rings.